The maximum absolute atomic E-state index is 11.5. The first-order chi connectivity index (χ1) is 7.84. The number of hydrogen-bond donors (Lipinski definition) is 2. The number of imidazole rings is 1. The number of hydrogen-bond acceptors (Lipinski definition) is 3. The maximum Gasteiger partial charge on any atom is 0.243 e. The van der Waals surface area contributed by atoms with Gasteiger partial charge in [-0.1, -0.05) is 6.07 Å². The summed E-state index contributed by atoms with van der Waals surface area (Å²) in [4.78, 5) is 15.8. The topological polar surface area (TPSA) is 86.9 Å². The molecule has 90 valence electrons. The Morgan fingerprint density at radius 2 is 2.06 bits per heavy atom. The van der Waals surface area contributed by atoms with Crippen molar-refractivity contribution in [2.24, 2.45) is 5.73 Å². The maximum atomic E-state index is 11.5. The smallest absolute Gasteiger partial charge is 0.243 e. The van der Waals surface area contributed by atoms with E-state index in [0.29, 0.717) is 5.95 Å². The van der Waals surface area contributed by atoms with Crippen molar-refractivity contribution in [2.45, 2.75) is 26.3 Å². The number of fused-ring (bicyclic) bond motifs is 1. The van der Waals surface area contributed by atoms with E-state index in [1.807, 2.05) is 25.1 Å². The van der Waals surface area contributed by atoms with Crippen LogP contribution in [0.1, 0.15) is 19.4 Å². The first-order valence-corrected chi connectivity index (χ1v) is 5.39. The van der Waals surface area contributed by atoms with Gasteiger partial charge in [-0.2, -0.15) is 0 Å². The molecule has 17 heavy (non-hydrogen) atoms. The third-order valence-corrected chi connectivity index (χ3v) is 3.00. The predicted octanol–water partition coefficient (Wildman–Crippen LogP) is 1.15. The van der Waals surface area contributed by atoms with Gasteiger partial charge in [0, 0.05) is 0 Å². The van der Waals surface area contributed by atoms with Crippen molar-refractivity contribution in [3.05, 3.63) is 23.8 Å². The summed E-state index contributed by atoms with van der Waals surface area (Å²) in [7, 11) is 0. The van der Waals surface area contributed by atoms with Crippen LogP contribution in [0.25, 0.3) is 11.0 Å². The predicted molar refractivity (Wildman–Crippen MR) is 67.4 cm³/mol. The van der Waals surface area contributed by atoms with Crippen molar-refractivity contribution < 1.29 is 4.79 Å². The second-order valence-electron chi connectivity index (χ2n) is 4.72. The Balaban J connectivity index is 2.78. The first-order valence-electron chi connectivity index (χ1n) is 5.39. The molecule has 0 aliphatic heterocycles. The molecule has 0 atom stereocenters. The van der Waals surface area contributed by atoms with E-state index in [-0.39, 0.29) is 0 Å². The lowest BCUT2D eigenvalue weighted by molar-refractivity contribution is -0.124. The van der Waals surface area contributed by atoms with Gasteiger partial charge in [-0.15, -0.1) is 0 Å². The normalized spacial score (nSPS) is 11.9. The van der Waals surface area contributed by atoms with Crippen LogP contribution in [0, 0.1) is 6.92 Å². The summed E-state index contributed by atoms with van der Waals surface area (Å²) in [5, 5.41) is 0. The fourth-order valence-electron chi connectivity index (χ4n) is 1.91. The molecule has 0 bridgehead atoms. The molecule has 1 amide bonds. The summed E-state index contributed by atoms with van der Waals surface area (Å²) in [6.07, 6.45) is 0. The SMILES string of the molecule is Cc1ccc2c(c1)nc(N)n2C(C)(C)C(N)=O. The van der Waals surface area contributed by atoms with Crippen LogP contribution >= 0.6 is 0 Å². The number of benzene rings is 1. The van der Waals surface area contributed by atoms with E-state index < -0.39 is 11.4 Å². The minimum atomic E-state index is -0.895. The van der Waals surface area contributed by atoms with Crippen molar-refractivity contribution in [3.63, 3.8) is 0 Å². The molecule has 0 saturated heterocycles. The average molecular weight is 232 g/mol. The number of aromatic nitrogens is 2. The molecule has 2 rings (SSSR count). The van der Waals surface area contributed by atoms with Gasteiger partial charge in [0.25, 0.3) is 0 Å². The number of primary amides is 1. The highest BCUT2D eigenvalue weighted by Crippen LogP contribution is 2.27. The summed E-state index contributed by atoms with van der Waals surface area (Å²) in [5.74, 6) is -0.140. The van der Waals surface area contributed by atoms with Gasteiger partial charge >= 0.3 is 0 Å². The average Bonchev–Trinajstić information content (AvgIpc) is 2.53. The fourth-order valence-corrected chi connectivity index (χ4v) is 1.91. The summed E-state index contributed by atoms with van der Waals surface area (Å²) in [5.41, 5.74) is 13.1. The van der Waals surface area contributed by atoms with Crippen molar-refractivity contribution in [1.82, 2.24) is 9.55 Å². The lowest BCUT2D eigenvalue weighted by atomic mass is 10.0. The fraction of sp³-hybridized carbons (Fsp3) is 0.333. The van der Waals surface area contributed by atoms with Gasteiger partial charge in [0.2, 0.25) is 11.9 Å². The van der Waals surface area contributed by atoms with Crippen molar-refractivity contribution in [3.8, 4) is 0 Å². The molecule has 1 aromatic heterocycles. The third-order valence-electron chi connectivity index (χ3n) is 3.00. The van der Waals surface area contributed by atoms with Crippen LogP contribution in [0.15, 0.2) is 18.2 Å². The van der Waals surface area contributed by atoms with Gasteiger partial charge in [-0.3, -0.25) is 9.36 Å². The van der Waals surface area contributed by atoms with E-state index in [1.54, 1.807) is 18.4 Å². The molecule has 0 saturated carbocycles. The highest BCUT2D eigenvalue weighted by atomic mass is 16.1. The zero-order valence-corrected chi connectivity index (χ0v) is 10.2. The van der Waals surface area contributed by atoms with Gasteiger partial charge in [0.05, 0.1) is 11.0 Å². The van der Waals surface area contributed by atoms with Crippen molar-refractivity contribution in [1.29, 1.82) is 0 Å². The summed E-state index contributed by atoms with van der Waals surface area (Å²) in [6, 6.07) is 5.79. The van der Waals surface area contributed by atoms with Gasteiger partial charge in [0.15, 0.2) is 0 Å². The second kappa shape index (κ2) is 3.48. The molecular formula is C12H16N4O. The number of carbonyl (C=O) groups excluding carboxylic acids is 1. The Morgan fingerprint density at radius 1 is 1.41 bits per heavy atom. The Kier molecular flexibility index (Phi) is 2.34. The number of nitrogen functional groups attached to an aromatic ring is 1. The van der Waals surface area contributed by atoms with Crippen LogP contribution in [0.2, 0.25) is 0 Å². The summed E-state index contributed by atoms with van der Waals surface area (Å²) >= 11 is 0. The molecule has 2 aromatic rings. The number of rotatable bonds is 2. The van der Waals surface area contributed by atoms with Crippen LogP contribution in [0.4, 0.5) is 5.95 Å². The minimum Gasteiger partial charge on any atom is -0.369 e. The number of carbonyl (C=O) groups is 1. The molecule has 0 spiro atoms. The van der Waals surface area contributed by atoms with Crippen LogP contribution in [-0.4, -0.2) is 15.5 Å². The number of amides is 1. The van der Waals surface area contributed by atoms with Crippen molar-refractivity contribution >= 4 is 22.9 Å². The molecule has 0 aliphatic carbocycles. The first kappa shape index (κ1) is 11.4. The molecule has 0 radical (unpaired) electrons. The number of aryl methyl sites for hydroxylation is 1. The Bertz CT molecular complexity index is 598. The minimum absolute atomic E-state index is 0.300. The number of nitrogens with zero attached hydrogens (tertiary/aromatic N) is 2. The standard InChI is InChI=1S/C12H16N4O/c1-7-4-5-9-8(6-7)15-11(14)16(9)12(2,3)10(13)17/h4-6H,1-3H3,(H2,13,17)(H2,14,15). The summed E-state index contributed by atoms with van der Waals surface area (Å²) < 4.78 is 1.67. The summed E-state index contributed by atoms with van der Waals surface area (Å²) in [6.45, 7) is 5.44. The highest BCUT2D eigenvalue weighted by molar-refractivity contribution is 5.87. The molecule has 0 aliphatic rings. The third kappa shape index (κ3) is 1.63. The molecular weight excluding hydrogens is 216 g/mol. The molecule has 5 heteroatoms. The van der Waals surface area contributed by atoms with Gasteiger partial charge in [-0.05, 0) is 38.5 Å². The Hall–Kier alpha value is -2.04. The van der Waals surface area contributed by atoms with Crippen molar-refractivity contribution in [2.75, 3.05) is 5.73 Å². The number of anilines is 1. The molecule has 1 aromatic carbocycles. The number of nitrogens with two attached hydrogens (primary N) is 2. The van der Waals surface area contributed by atoms with E-state index in [9.17, 15) is 4.79 Å². The quantitative estimate of drug-likeness (QED) is 0.814. The molecule has 0 fully saturated rings. The monoisotopic (exact) mass is 232 g/mol. The Labute approximate surface area is 99.4 Å². The van der Waals surface area contributed by atoms with Crippen LogP contribution in [0.3, 0.4) is 0 Å². The highest BCUT2D eigenvalue weighted by Gasteiger charge is 2.30. The van der Waals surface area contributed by atoms with Crippen LogP contribution in [0.5, 0.6) is 0 Å². The van der Waals surface area contributed by atoms with Crippen LogP contribution in [-0.2, 0) is 10.3 Å². The molecule has 5 nitrogen and oxygen atoms in total. The molecule has 0 unspecified atom stereocenters. The molecule has 4 N–H and O–H groups in total. The van der Waals surface area contributed by atoms with E-state index >= 15 is 0 Å². The van der Waals surface area contributed by atoms with Gasteiger partial charge in [0.1, 0.15) is 5.54 Å². The van der Waals surface area contributed by atoms with E-state index in [1.165, 1.54) is 0 Å². The molecule has 1 heterocycles. The van der Waals surface area contributed by atoms with Gasteiger partial charge in [-0.25, -0.2) is 4.98 Å². The zero-order chi connectivity index (χ0) is 12.8. The van der Waals surface area contributed by atoms with E-state index in [0.717, 1.165) is 16.6 Å². The Morgan fingerprint density at radius 3 is 2.65 bits per heavy atom. The van der Waals surface area contributed by atoms with E-state index in [2.05, 4.69) is 4.98 Å². The van der Waals surface area contributed by atoms with Gasteiger partial charge < -0.3 is 11.5 Å². The zero-order valence-electron chi connectivity index (χ0n) is 10.2. The van der Waals surface area contributed by atoms with Crippen LogP contribution < -0.4 is 11.5 Å². The largest absolute Gasteiger partial charge is 0.369 e. The lowest BCUT2D eigenvalue weighted by Crippen LogP contribution is -2.41. The van der Waals surface area contributed by atoms with E-state index in [4.69, 9.17) is 11.5 Å². The second-order valence-corrected chi connectivity index (χ2v) is 4.72. The lowest BCUT2D eigenvalue weighted by Gasteiger charge is -2.24.